The Hall–Kier alpha value is -2.09. The molecule has 1 aromatic heterocycles. The van der Waals surface area contributed by atoms with Gasteiger partial charge < -0.3 is 20.5 Å². The fourth-order valence-corrected chi connectivity index (χ4v) is 1.89. The molecule has 1 aliphatic rings. The van der Waals surface area contributed by atoms with E-state index >= 15 is 0 Å². The fourth-order valence-electron chi connectivity index (χ4n) is 1.89. The van der Waals surface area contributed by atoms with Crippen LogP contribution in [0.25, 0.3) is 0 Å². The van der Waals surface area contributed by atoms with Crippen molar-refractivity contribution in [2.45, 2.75) is 18.5 Å². The summed E-state index contributed by atoms with van der Waals surface area (Å²) in [6, 6.07) is -0.531. The number of ether oxygens (including phenoxy) is 1. The number of rotatable bonds is 4. The topological polar surface area (TPSA) is 105 Å². The summed E-state index contributed by atoms with van der Waals surface area (Å²) in [6.45, 7) is 0.605. The summed E-state index contributed by atoms with van der Waals surface area (Å²) >= 11 is 0. The van der Waals surface area contributed by atoms with Gasteiger partial charge in [-0.25, -0.2) is 9.59 Å². The van der Waals surface area contributed by atoms with Crippen molar-refractivity contribution in [2.24, 2.45) is 7.05 Å². The second-order valence-electron chi connectivity index (χ2n) is 4.52. The van der Waals surface area contributed by atoms with E-state index in [1.165, 1.54) is 0 Å². The molecule has 1 fully saturated rings. The average molecular weight is 268 g/mol. The van der Waals surface area contributed by atoms with E-state index in [9.17, 15) is 9.59 Å². The Balaban J connectivity index is 1.88. The van der Waals surface area contributed by atoms with Gasteiger partial charge in [0.15, 0.2) is 5.54 Å². The number of carbonyl (C=O) groups excluding carboxylic acids is 1. The lowest BCUT2D eigenvalue weighted by atomic mass is 9.99. The molecule has 1 aromatic rings. The van der Waals surface area contributed by atoms with Gasteiger partial charge in [0.1, 0.15) is 0 Å². The minimum Gasteiger partial charge on any atom is -0.479 e. The summed E-state index contributed by atoms with van der Waals surface area (Å²) in [5, 5.41) is 18.2. The summed E-state index contributed by atoms with van der Waals surface area (Å²) in [5.41, 5.74) is -0.483. The molecular formula is C11H16N4O4. The highest BCUT2D eigenvalue weighted by Gasteiger charge is 2.43. The molecule has 104 valence electrons. The summed E-state index contributed by atoms with van der Waals surface area (Å²) in [7, 11) is 1.78. The highest BCUT2D eigenvalue weighted by molar-refractivity contribution is 5.86. The van der Waals surface area contributed by atoms with Crippen molar-refractivity contribution < 1.29 is 19.4 Å². The SMILES string of the molecule is Cn1cc(CNC(=O)NC2(C(=O)O)CCOC2)cn1. The van der Waals surface area contributed by atoms with Gasteiger partial charge in [-0.15, -0.1) is 0 Å². The molecule has 0 radical (unpaired) electrons. The van der Waals surface area contributed by atoms with E-state index in [2.05, 4.69) is 15.7 Å². The van der Waals surface area contributed by atoms with Gasteiger partial charge in [0.25, 0.3) is 0 Å². The molecule has 0 spiro atoms. The maximum Gasteiger partial charge on any atom is 0.332 e. The van der Waals surface area contributed by atoms with Gasteiger partial charge in [-0.3, -0.25) is 4.68 Å². The minimum absolute atomic E-state index is 0.0113. The van der Waals surface area contributed by atoms with Gasteiger partial charge in [0, 0.05) is 38.4 Å². The third kappa shape index (κ3) is 3.02. The molecule has 8 heteroatoms. The number of nitrogens with one attached hydrogen (secondary N) is 2. The van der Waals surface area contributed by atoms with E-state index in [-0.39, 0.29) is 19.6 Å². The minimum atomic E-state index is -1.32. The molecule has 1 aliphatic heterocycles. The van der Waals surface area contributed by atoms with Crippen LogP contribution in [0, 0.1) is 0 Å². The summed E-state index contributed by atoms with van der Waals surface area (Å²) in [6.07, 6.45) is 3.67. The predicted octanol–water partition coefficient (Wildman–Crippen LogP) is -0.537. The molecule has 1 unspecified atom stereocenters. The summed E-state index contributed by atoms with van der Waals surface area (Å²) < 4.78 is 6.68. The van der Waals surface area contributed by atoms with Gasteiger partial charge in [-0.1, -0.05) is 0 Å². The normalized spacial score (nSPS) is 22.2. The van der Waals surface area contributed by atoms with Crippen molar-refractivity contribution >= 4 is 12.0 Å². The first-order valence-electron chi connectivity index (χ1n) is 5.86. The molecule has 0 bridgehead atoms. The Morgan fingerprint density at radius 2 is 2.42 bits per heavy atom. The van der Waals surface area contributed by atoms with E-state index < -0.39 is 17.5 Å². The molecule has 1 saturated heterocycles. The van der Waals surface area contributed by atoms with E-state index in [0.29, 0.717) is 6.61 Å². The van der Waals surface area contributed by atoms with Crippen LogP contribution in [0.5, 0.6) is 0 Å². The highest BCUT2D eigenvalue weighted by atomic mass is 16.5. The van der Waals surface area contributed by atoms with Crippen LogP contribution in [0.15, 0.2) is 12.4 Å². The van der Waals surface area contributed by atoms with Crippen molar-refractivity contribution in [3.05, 3.63) is 18.0 Å². The van der Waals surface area contributed by atoms with Crippen LogP contribution in [0.2, 0.25) is 0 Å². The van der Waals surface area contributed by atoms with Crippen LogP contribution in [0.3, 0.4) is 0 Å². The monoisotopic (exact) mass is 268 g/mol. The van der Waals surface area contributed by atoms with Gasteiger partial charge in [-0.2, -0.15) is 5.10 Å². The van der Waals surface area contributed by atoms with Gasteiger partial charge in [0.2, 0.25) is 0 Å². The number of hydrogen-bond donors (Lipinski definition) is 3. The zero-order valence-corrected chi connectivity index (χ0v) is 10.5. The molecule has 8 nitrogen and oxygen atoms in total. The standard InChI is InChI=1S/C11H16N4O4/c1-15-6-8(5-13-15)4-12-10(18)14-11(9(16)17)2-3-19-7-11/h5-6H,2-4,7H2,1H3,(H,16,17)(H2,12,14,18). The number of carbonyl (C=O) groups is 2. The van der Waals surface area contributed by atoms with E-state index in [1.54, 1.807) is 24.1 Å². The lowest BCUT2D eigenvalue weighted by Gasteiger charge is -2.23. The fraction of sp³-hybridized carbons (Fsp3) is 0.545. The van der Waals surface area contributed by atoms with Crippen molar-refractivity contribution in [3.8, 4) is 0 Å². The van der Waals surface area contributed by atoms with E-state index in [1.807, 2.05) is 0 Å². The maximum atomic E-state index is 11.7. The first-order chi connectivity index (χ1) is 9.02. The third-order valence-electron chi connectivity index (χ3n) is 3.00. The Labute approximate surface area is 109 Å². The maximum absolute atomic E-state index is 11.7. The van der Waals surface area contributed by atoms with Crippen LogP contribution in [0.4, 0.5) is 4.79 Å². The molecule has 3 N–H and O–H groups in total. The number of amides is 2. The highest BCUT2D eigenvalue weighted by Crippen LogP contribution is 2.18. The Kier molecular flexibility index (Phi) is 3.70. The molecule has 0 aromatic carbocycles. The van der Waals surface area contributed by atoms with Crippen LogP contribution in [0.1, 0.15) is 12.0 Å². The van der Waals surface area contributed by atoms with Crippen molar-refractivity contribution in [3.63, 3.8) is 0 Å². The summed E-state index contributed by atoms with van der Waals surface area (Å²) in [4.78, 5) is 22.9. The van der Waals surface area contributed by atoms with Crippen molar-refractivity contribution in [2.75, 3.05) is 13.2 Å². The molecule has 0 aliphatic carbocycles. The number of hydrogen-bond acceptors (Lipinski definition) is 4. The van der Waals surface area contributed by atoms with Crippen LogP contribution in [-0.2, 0) is 23.1 Å². The van der Waals surface area contributed by atoms with Gasteiger partial charge in [0.05, 0.1) is 12.8 Å². The van der Waals surface area contributed by atoms with Crippen molar-refractivity contribution in [1.29, 1.82) is 0 Å². The van der Waals surface area contributed by atoms with Gasteiger partial charge >= 0.3 is 12.0 Å². The predicted molar refractivity (Wildman–Crippen MR) is 64.4 cm³/mol. The zero-order chi connectivity index (χ0) is 13.9. The largest absolute Gasteiger partial charge is 0.479 e. The van der Waals surface area contributed by atoms with Gasteiger partial charge in [-0.05, 0) is 0 Å². The zero-order valence-electron chi connectivity index (χ0n) is 10.5. The Morgan fingerprint density at radius 3 is 2.95 bits per heavy atom. The quantitative estimate of drug-likeness (QED) is 0.680. The number of aliphatic carboxylic acids is 1. The average Bonchev–Trinajstić information content (AvgIpc) is 2.97. The first kappa shape index (κ1) is 13.3. The first-order valence-corrected chi connectivity index (χ1v) is 5.86. The van der Waals surface area contributed by atoms with E-state index in [0.717, 1.165) is 5.56 Å². The molecule has 2 rings (SSSR count). The van der Waals surface area contributed by atoms with Crippen LogP contribution < -0.4 is 10.6 Å². The third-order valence-corrected chi connectivity index (χ3v) is 3.00. The van der Waals surface area contributed by atoms with E-state index in [4.69, 9.17) is 9.84 Å². The van der Waals surface area contributed by atoms with Crippen LogP contribution in [-0.4, -0.2) is 45.6 Å². The second kappa shape index (κ2) is 5.27. The summed E-state index contributed by atoms with van der Waals surface area (Å²) in [5.74, 6) is -1.08. The Morgan fingerprint density at radius 1 is 1.63 bits per heavy atom. The number of nitrogens with zero attached hydrogens (tertiary/aromatic N) is 2. The lowest BCUT2D eigenvalue weighted by Crippen LogP contribution is -2.57. The number of aromatic nitrogens is 2. The molecule has 19 heavy (non-hydrogen) atoms. The number of carboxylic acid groups (broad SMARTS) is 1. The molecule has 0 saturated carbocycles. The molecule has 1 atom stereocenters. The van der Waals surface area contributed by atoms with Crippen molar-refractivity contribution in [1.82, 2.24) is 20.4 Å². The molecular weight excluding hydrogens is 252 g/mol. The molecule has 2 amide bonds. The molecule has 2 heterocycles. The number of urea groups is 1. The smallest absolute Gasteiger partial charge is 0.332 e. The lowest BCUT2D eigenvalue weighted by molar-refractivity contribution is -0.144. The number of aryl methyl sites for hydroxylation is 1. The van der Waals surface area contributed by atoms with Crippen LogP contribution >= 0.6 is 0 Å². The number of carboxylic acids is 1. The second-order valence-corrected chi connectivity index (χ2v) is 4.52. The Bertz CT molecular complexity index is 479.